The van der Waals surface area contributed by atoms with Gasteiger partial charge in [0.05, 0.1) is 7.11 Å². The van der Waals surface area contributed by atoms with E-state index in [1.54, 1.807) is 13.2 Å². The van der Waals surface area contributed by atoms with E-state index in [9.17, 15) is 4.79 Å². The maximum atomic E-state index is 13.0. The molecule has 0 unspecified atom stereocenters. The normalized spacial score (nSPS) is 11.1. The van der Waals surface area contributed by atoms with Crippen LogP contribution in [0.5, 0.6) is 5.75 Å². The lowest BCUT2D eigenvalue weighted by molar-refractivity contribution is 0.101. The molecule has 0 atom stereocenters. The Labute approximate surface area is 139 Å². The molecule has 3 heteroatoms. The van der Waals surface area contributed by atoms with Gasteiger partial charge in [0.2, 0.25) is 5.78 Å². The number of hydrogen-bond acceptors (Lipinski definition) is 3. The Morgan fingerprint density at radius 1 is 0.958 bits per heavy atom. The van der Waals surface area contributed by atoms with Crippen molar-refractivity contribution in [2.24, 2.45) is 0 Å². The van der Waals surface area contributed by atoms with Gasteiger partial charge in [-0.1, -0.05) is 30.3 Å². The third-order valence-corrected chi connectivity index (χ3v) is 4.31. The molecule has 0 fully saturated rings. The van der Waals surface area contributed by atoms with Gasteiger partial charge in [-0.25, -0.2) is 0 Å². The van der Waals surface area contributed by atoms with E-state index in [-0.39, 0.29) is 5.78 Å². The summed E-state index contributed by atoms with van der Waals surface area (Å²) in [5, 5.41) is 0.857. The average molecular weight is 316 g/mol. The van der Waals surface area contributed by atoms with E-state index in [2.05, 4.69) is 0 Å². The number of benzene rings is 1. The van der Waals surface area contributed by atoms with E-state index >= 15 is 0 Å². The number of carbonyl (C=O) groups excluding carboxylic acids is 1. The molecule has 0 spiro atoms. The van der Waals surface area contributed by atoms with Crippen molar-refractivity contribution in [2.45, 2.75) is 6.92 Å². The quantitative estimate of drug-likeness (QED) is 0.494. The van der Waals surface area contributed by atoms with Crippen LogP contribution < -0.4 is 4.74 Å². The van der Waals surface area contributed by atoms with E-state index in [0.717, 1.165) is 27.8 Å². The Morgan fingerprint density at radius 2 is 1.75 bits per heavy atom. The van der Waals surface area contributed by atoms with Gasteiger partial charge < -0.3 is 9.15 Å². The zero-order valence-corrected chi connectivity index (χ0v) is 13.5. The SMILES string of the molecule is COc1ccc2oc(C(=O)c3cc(C)c4cccccc3-4)cc2c1. The molecule has 2 aromatic rings. The van der Waals surface area contributed by atoms with Crippen molar-refractivity contribution < 1.29 is 13.9 Å². The van der Waals surface area contributed by atoms with Crippen LogP contribution in [0.2, 0.25) is 0 Å². The van der Waals surface area contributed by atoms with Crippen LogP contribution >= 0.6 is 0 Å². The molecule has 1 aromatic carbocycles. The summed E-state index contributed by atoms with van der Waals surface area (Å²) in [7, 11) is 1.62. The second-order valence-electron chi connectivity index (χ2n) is 5.82. The predicted octanol–water partition coefficient (Wildman–Crippen LogP) is 5.09. The Balaban J connectivity index is 1.83. The van der Waals surface area contributed by atoms with Crippen molar-refractivity contribution in [1.29, 1.82) is 0 Å². The van der Waals surface area contributed by atoms with Crippen molar-refractivity contribution >= 4 is 16.8 Å². The van der Waals surface area contributed by atoms with Crippen molar-refractivity contribution in [1.82, 2.24) is 0 Å². The molecule has 24 heavy (non-hydrogen) atoms. The lowest BCUT2D eigenvalue weighted by atomic mass is 10.0. The fourth-order valence-corrected chi connectivity index (χ4v) is 3.08. The minimum absolute atomic E-state index is 0.102. The molecule has 3 nitrogen and oxygen atoms in total. The highest BCUT2D eigenvalue weighted by atomic mass is 16.5. The van der Waals surface area contributed by atoms with E-state index < -0.39 is 0 Å². The second kappa shape index (κ2) is 5.53. The lowest BCUT2D eigenvalue weighted by Crippen LogP contribution is -1.98. The predicted molar refractivity (Wildman–Crippen MR) is 94.0 cm³/mol. The number of hydrogen-bond donors (Lipinski definition) is 0. The van der Waals surface area contributed by atoms with Crippen LogP contribution in [0.3, 0.4) is 0 Å². The topological polar surface area (TPSA) is 39.4 Å². The fourth-order valence-electron chi connectivity index (χ4n) is 3.08. The molecule has 0 amide bonds. The van der Waals surface area contributed by atoms with Crippen molar-refractivity contribution in [3.05, 3.63) is 77.6 Å². The molecule has 0 aliphatic heterocycles. The van der Waals surface area contributed by atoms with Crippen molar-refractivity contribution in [2.75, 3.05) is 7.11 Å². The number of furan rings is 1. The number of aryl methyl sites for hydroxylation is 1. The zero-order chi connectivity index (χ0) is 16.7. The fraction of sp³-hybridized carbons (Fsp3) is 0.0952. The first-order chi connectivity index (χ1) is 11.7. The van der Waals surface area contributed by atoms with Crippen molar-refractivity contribution in [3.63, 3.8) is 0 Å². The minimum Gasteiger partial charge on any atom is -0.497 e. The van der Waals surface area contributed by atoms with Crippen LogP contribution in [0.4, 0.5) is 0 Å². The number of fused-ring (bicyclic) bond motifs is 2. The molecule has 2 aliphatic rings. The Morgan fingerprint density at radius 3 is 2.54 bits per heavy atom. The van der Waals surface area contributed by atoms with Gasteiger partial charge in [0.25, 0.3) is 0 Å². The second-order valence-corrected chi connectivity index (χ2v) is 5.82. The Bertz CT molecular complexity index is 1030. The Hall–Kier alpha value is -3.07. The summed E-state index contributed by atoms with van der Waals surface area (Å²) in [5.74, 6) is 0.982. The number of ether oxygens (including phenoxy) is 1. The summed E-state index contributed by atoms with van der Waals surface area (Å²) in [6, 6.07) is 19.1. The van der Waals surface area contributed by atoms with Gasteiger partial charge in [-0.3, -0.25) is 4.79 Å². The average Bonchev–Trinajstić information content (AvgIpc) is 3.05. The van der Waals surface area contributed by atoms with Crippen LogP contribution in [0.1, 0.15) is 21.7 Å². The third-order valence-electron chi connectivity index (χ3n) is 4.31. The van der Waals surface area contributed by atoms with Gasteiger partial charge in [-0.15, -0.1) is 0 Å². The van der Waals surface area contributed by atoms with Crippen LogP contribution in [0.25, 0.3) is 22.1 Å². The number of ketones is 1. The zero-order valence-electron chi connectivity index (χ0n) is 13.5. The molecule has 0 radical (unpaired) electrons. The summed E-state index contributed by atoms with van der Waals surface area (Å²) >= 11 is 0. The van der Waals surface area contributed by atoms with E-state index in [1.807, 2.05) is 61.5 Å². The minimum atomic E-state index is -0.102. The molecule has 2 aliphatic carbocycles. The van der Waals surface area contributed by atoms with E-state index in [4.69, 9.17) is 9.15 Å². The van der Waals surface area contributed by atoms with Gasteiger partial charge in [-0.05, 0) is 53.9 Å². The molecule has 0 saturated heterocycles. The van der Waals surface area contributed by atoms with E-state index in [0.29, 0.717) is 16.9 Å². The van der Waals surface area contributed by atoms with Gasteiger partial charge in [-0.2, -0.15) is 0 Å². The maximum Gasteiger partial charge on any atom is 0.228 e. The monoisotopic (exact) mass is 316 g/mol. The van der Waals surface area contributed by atoms with Crippen molar-refractivity contribution in [3.8, 4) is 16.9 Å². The van der Waals surface area contributed by atoms with Crippen LogP contribution in [-0.2, 0) is 0 Å². The van der Waals surface area contributed by atoms with Gasteiger partial charge in [0, 0.05) is 10.9 Å². The number of carbonyl (C=O) groups is 1. The maximum absolute atomic E-state index is 13.0. The molecule has 1 heterocycles. The number of methoxy groups -OCH3 is 1. The molecular weight excluding hydrogens is 300 g/mol. The van der Waals surface area contributed by atoms with Crippen LogP contribution in [-0.4, -0.2) is 12.9 Å². The van der Waals surface area contributed by atoms with Gasteiger partial charge in [0.15, 0.2) is 5.76 Å². The first-order valence-electron chi connectivity index (χ1n) is 7.78. The molecule has 4 rings (SSSR count). The molecular formula is C21H16O3. The third kappa shape index (κ3) is 2.26. The van der Waals surface area contributed by atoms with Gasteiger partial charge in [0.1, 0.15) is 11.3 Å². The summed E-state index contributed by atoms with van der Waals surface area (Å²) in [6.45, 7) is 2.02. The number of rotatable bonds is 3. The smallest absolute Gasteiger partial charge is 0.228 e. The molecule has 0 bridgehead atoms. The van der Waals surface area contributed by atoms with Crippen LogP contribution in [0.15, 0.2) is 65.1 Å². The standard InChI is InChI=1S/C21H16O3/c1-13-10-18(17-7-5-3-4-6-16(13)17)21(22)20-12-14-11-15(23-2)8-9-19(14)24-20/h3-12H,1-2H3. The van der Waals surface area contributed by atoms with Crippen LogP contribution in [0, 0.1) is 6.92 Å². The highest BCUT2D eigenvalue weighted by Crippen LogP contribution is 2.34. The first-order valence-corrected chi connectivity index (χ1v) is 7.78. The summed E-state index contributed by atoms with van der Waals surface area (Å²) in [4.78, 5) is 13.0. The largest absolute Gasteiger partial charge is 0.497 e. The first kappa shape index (κ1) is 14.5. The molecule has 0 saturated carbocycles. The lowest BCUT2D eigenvalue weighted by Gasteiger charge is -1.99. The highest BCUT2D eigenvalue weighted by molar-refractivity contribution is 6.14. The highest BCUT2D eigenvalue weighted by Gasteiger charge is 2.22. The Kier molecular flexibility index (Phi) is 3.35. The molecule has 0 N–H and O–H groups in total. The summed E-state index contributed by atoms with van der Waals surface area (Å²) < 4.78 is 11.0. The molecule has 118 valence electrons. The van der Waals surface area contributed by atoms with Gasteiger partial charge >= 0.3 is 0 Å². The summed E-state index contributed by atoms with van der Waals surface area (Å²) in [6.07, 6.45) is 0. The summed E-state index contributed by atoms with van der Waals surface area (Å²) in [5.41, 5.74) is 4.46. The molecule has 1 aromatic heterocycles. The van der Waals surface area contributed by atoms with E-state index in [1.165, 1.54) is 0 Å².